The molecule has 0 aliphatic heterocycles. The van der Waals surface area contributed by atoms with Crippen LogP contribution in [0.4, 0.5) is 0 Å². The Bertz CT molecular complexity index is 920. The lowest BCUT2D eigenvalue weighted by Crippen LogP contribution is -2.06. The van der Waals surface area contributed by atoms with Crippen LogP contribution in [0.1, 0.15) is 21.5 Å². The smallest absolute Gasteiger partial charge is 0.339 e. The minimum absolute atomic E-state index is 0.190. The number of nitrogens with zero attached hydrogens (tertiary/aromatic N) is 2. The molecule has 0 bridgehead atoms. The van der Waals surface area contributed by atoms with Crippen LogP contribution in [-0.2, 0) is 11.3 Å². The highest BCUT2D eigenvalue weighted by Crippen LogP contribution is 2.32. The predicted molar refractivity (Wildman–Crippen MR) is 95.1 cm³/mol. The van der Waals surface area contributed by atoms with Gasteiger partial charge in [0.05, 0.1) is 11.1 Å². The van der Waals surface area contributed by atoms with Crippen LogP contribution in [0.3, 0.4) is 0 Å². The molecule has 0 atom stereocenters. The molecule has 0 unspecified atom stereocenters. The van der Waals surface area contributed by atoms with Gasteiger partial charge in [-0.05, 0) is 42.0 Å². The number of pyridine rings is 1. The van der Waals surface area contributed by atoms with Gasteiger partial charge in [-0.2, -0.15) is 5.26 Å². The minimum Gasteiger partial charge on any atom is -0.457 e. The van der Waals surface area contributed by atoms with Gasteiger partial charge < -0.3 is 4.74 Å². The molecule has 122 valence electrons. The Labute approximate surface area is 150 Å². The van der Waals surface area contributed by atoms with Gasteiger partial charge in [0, 0.05) is 22.2 Å². The molecule has 1 heterocycles. The Morgan fingerprint density at radius 1 is 1.00 bits per heavy atom. The number of aromatic nitrogens is 1. The third-order valence-electron chi connectivity index (χ3n) is 3.45. The van der Waals surface area contributed by atoms with Crippen molar-refractivity contribution in [3.05, 3.63) is 89.7 Å². The minimum atomic E-state index is -0.394. The van der Waals surface area contributed by atoms with E-state index in [-0.39, 0.29) is 6.61 Å². The summed E-state index contributed by atoms with van der Waals surface area (Å²) in [7, 11) is 0. The molecule has 4 nitrogen and oxygen atoms in total. The van der Waals surface area contributed by atoms with E-state index in [0.717, 1.165) is 15.4 Å². The summed E-state index contributed by atoms with van der Waals surface area (Å²) in [6, 6.07) is 20.3. The van der Waals surface area contributed by atoms with E-state index in [0.29, 0.717) is 11.1 Å². The van der Waals surface area contributed by atoms with Gasteiger partial charge in [-0.1, -0.05) is 36.0 Å². The van der Waals surface area contributed by atoms with Crippen molar-refractivity contribution in [3.63, 3.8) is 0 Å². The van der Waals surface area contributed by atoms with Crippen molar-refractivity contribution in [2.45, 2.75) is 16.4 Å². The van der Waals surface area contributed by atoms with Gasteiger partial charge in [0.15, 0.2) is 0 Å². The first-order chi connectivity index (χ1) is 12.3. The largest absolute Gasteiger partial charge is 0.457 e. The van der Waals surface area contributed by atoms with Crippen LogP contribution in [0.2, 0.25) is 0 Å². The zero-order valence-electron chi connectivity index (χ0n) is 13.3. The molecule has 0 saturated heterocycles. The van der Waals surface area contributed by atoms with Crippen LogP contribution in [-0.4, -0.2) is 11.0 Å². The second kappa shape index (κ2) is 8.13. The fourth-order valence-electron chi connectivity index (χ4n) is 2.20. The van der Waals surface area contributed by atoms with Gasteiger partial charge in [0.25, 0.3) is 0 Å². The van der Waals surface area contributed by atoms with E-state index in [2.05, 4.69) is 11.1 Å². The molecule has 0 fully saturated rings. The molecule has 25 heavy (non-hydrogen) atoms. The number of hydrogen-bond donors (Lipinski definition) is 0. The molecule has 0 N–H and O–H groups in total. The Balaban J connectivity index is 1.79. The van der Waals surface area contributed by atoms with Gasteiger partial charge in [-0.25, -0.2) is 4.79 Å². The molecule has 0 saturated carbocycles. The lowest BCUT2D eigenvalue weighted by molar-refractivity contribution is 0.0468. The SMILES string of the molecule is N#Cc1ccccc1Sc1ccccc1C(=O)OCc1ccncc1. The van der Waals surface area contributed by atoms with Crippen LogP contribution in [0.15, 0.2) is 82.8 Å². The predicted octanol–water partition coefficient (Wildman–Crippen LogP) is 4.46. The van der Waals surface area contributed by atoms with Crippen molar-refractivity contribution in [2.75, 3.05) is 0 Å². The van der Waals surface area contributed by atoms with Gasteiger partial charge in [0.2, 0.25) is 0 Å². The summed E-state index contributed by atoms with van der Waals surface area (Å²) in [5.41, 5.74) is 1.94. The maximum Gasteiger partial charge on any atom is 0.339 e. The molecule has 0 aliphatic rings. The van der Waals surface area contributed by atoms with Crippen molar-refractivity contribution >= 4 is 17.7 Å². The summed E-state index contributed by atoms with van der Waals surface area (Å²) in [6.45, 7) is 0.190. The quantitative estimate of drug-likeness (QED) is 0.638. The highest BCUT2D eigenvalue weighted by Gasteiger charge is 2.14. The number of carbonyl (C=O) groups excluding carboxylic acids is 1. The molecule has 0 aliphatic carbocycles. The van der Waals surface area contributed by atoms with Crippen LogP contribution < -0.4 is 0 Å². The second-order valence-corrected chi connectivity index (χ2v) is 6.22. The number of hydrogen-bond acceptors (Lipinski definition) is 5. The summed E-state index contributed by atoms with van der Waals surface area (Å²) in [6.07, 6.45) is 3.32. The monoisotopic (exact) mass is 346 g/mol. The molecule has 3 aromatic rings. The van der Waals surface area contributed by atoms with E-state index in [4.69, 9.17) is 4.74 Å². The number of nitriles is 1. The maximum atomic E-state index is 12.5. The first-order valence-corrected chi connectivity index (χ1v) is 8.41. The molecule has 0 spiro atoms. The van der Waals surface area contributed by atoms with Crippen LogP contribution in [0.25, 0.3) is 0 Å². The number of ether oxygens (including phenoxy) is 1. The lowest BCUT2D eigenvalue weighted by Gasteiger charge is -2.10. The zero-order valence-corrected chi connectivity index (χ0v) is 14.1. The van der Waals surface area contributed by atoms with Gasteiger partial charge in [0.1, 0.15) is 12.7 Å². The summed E-state index contributed by atoms with van der Waals surface area (Å²) in [5, 5.41) is 9.23. The van der Waals surface area contributed by atoms with E-state index in [1.54, 1.807) is 42.7 Å². The first kappa shape index (κ1) is 16.7. The summed E-state index contributed by atoms with van der Waals surface area (Å²) in [4.78, 5) is 18.0. The summed E-state index contributed by atoms with van der Waals surface area (Å²) < 4.78 is 5.40. The van der Waals surface area contributed by atoms with Crippen molar-refractivity contribution in [3.8, 4) is 6.07 Å². The topological polar surface area (TPSA) is 63.0 Å². The normalized spacial score (nSPS) is 10.0. The summed E-state index contributed by atoms with van der Waals surface area (Å²) in [5.74, 6) is -0.394. The number of rotatable bonds is 5. The highest BCUT2D eigenvalue weighted by molar-refractivity contribution is 7.99. The zero-order chi connectivity index (χ0) is 17.5. The van der Waals surface area contributed by atoms with Crippen molar-refractivity contribution in [2.24, 2.45) is 0 Å². The van der Waals surface area contributed by atoms with Gasteiger partial charge >= 0.3 is 5.97 Å². The highest BCUT2D eigenvalue weighted by atomic mass is 32.2. The Morgan fingerprint density at radius 2 is 1.68 bits per heavy atom. The molecule has 0 amide bonds. The summed E-state index contributed by atoms with van der Waals surface area (Å²) >= 11 is 1.38. The Hall–Kier alpha value is -3.10. The third-order valence-corrected chi connectivity index (χ3v) is 4.61. The van der Waals surface area contributed by atoms with Gasteiger partial charge in [-0.3, -0.25) is 4.98 Å². The Morgan fingerprint density at radius 3 is 2.44 bits per heavy atom. The molecular formula is C20H14N2O2S. The number of carbonyl (C=O) groups is 1. The lowest BCUT2D eigenvalue weighted by atomic mass is 10.2. The standard InChI is InChI=1S/C20H14N2O2S/c21-13-16-5-1-3-7-18(16)25-19-8-4-2-6-17(19)20(23)24-14-15-9-11-22-12-10-15/h1-12H,14H2. The van der Waals surface area contributed by atoms with Crippen molar-refractivity contribution in [1.82, 2.24) is 4.98 Å². The third kappa shape index (κ3) is 4.25. The fraction of sp³-hybridized carbons (Fsp3) is 0.0500. The molecule has 2 aromatic carbocycles. The first-order valence-electron chi connectivity index (χ1n) is 7.60. The van der Waals surface area contributed by atoms with E-state index >= 15 is 0 Å². The molecule has 1 aromatic heterocycles. The molecule has 3 rings (SSSR count). The van der Waals surface area contributed by atoms with Crippen molar-refractivity contribution in [1.29, 1.82) is 5.26 Å². The molecule has 0 radical (unpaired) electrons. The molecular weight excluding hydrogens is 332 g/mol. The van der Waals surface area contributed by atoms with E-state index < -0.39 is 5.97 Å². The van der Waals surface area contributed by atoms with Crippen LogP contribution in [0.5, 0.6) is 0 Å². The maximum absolute atomic E-state index is 12.5. The molecule has 5 heteroatoms. The van der Waals surface area contributed by atoms with Crippen LogP contribution in [0, 0.1) is 11.3 Å². The van der Waals surface area contributed by atoms with E-state index in [1.165, 1.54) is 11.8 Å². The fourth-order valence-corrected chi connectivity index (χ4v) is 3.21. The van der Waals surface area contributed by atoms with E-state index in [9.17, 15) is 10.1 Å². The van der Waals surface area contributed by atoms with Crippen LogP contribution >= 0.6 is 11.8 Å². The van der Waals surface area contributed by atoms with Gasteiger partial charge in [-0.15, -0.1) is 0 Å². The average Bonchev–Trinajstić information content (AvgIpc) is 2.68. The number of esters is 1. The van der Waals surface area contributed by atoms with Crippen molar-refractivity contribution < 1.29 is 9.53 Å². The Kier molecular flexibility index (Phi) is 5.45. The van der Waals surface area contributed by atoms with E-state index in [1.807, 2.05) is 30.3 Å². The second-order valence-electron chi connectivity index (χ2n) is 5.14. The number of benzene rings is 2. The average molecular weight is 346 g/mol.